The van der Waals surface area contributed by atoms with Gasteiger partial charge in [-0.3, -0.25) is 9.67 Å². The Labute approximate surface area is 167 Å². The fourth-order valence-corrected chi connectivity index (χ4v) is 3.00. The zero-order valence-corrected chi connectivity index (χ0v) is 17.6. The van der Waals surface area contributed by atoms with E-state index in [1.54, 1.807) is 12.1 Å². The molecule has 1 atom stereocenters. The van der Waals surface area contributed by atoms with Crippen molar-refractivity contribution in [2.75, 3.05) is 19.7 Å². The Balaban J connectivity index is 1.81. The number of rotatable bonds is 9. The summed E-state index contributed by atoms with van der Waals surface area (Å²) < 4.78 is 20.4. The quantitative estimate of drug-likeness (QED) is 0.393. The summed E-state index contributed by atoms with van der Waals surface area (Å²) in [7, 11) is 1.98. The van der Waals surface area contributed by atoms with Gasteiger partial charge in [-0.15, -0.1) is 0 Å². The van der Waals surface area contributed by atoms with Crippen molar-refractivity contribution in [3.05, 3.63) is 47.0 Å². The Hall–Kier alpha value is -2.57. The van der Waals surface area contributed by atoms with Gasteiger partial charge in [0.15, 0.2) is 5.96 Å². The third-order valence-electron chi connectivity index (χ3n) is 4.55. The molecule has 0 aliphatic carbocycles. The summed E-state index contributed by atoms with van der Waals surface area (Å²) in [5, 5.41) is 11.2. The lowest BCUT2D eigenvalue weighted by Crippen LogP contribution is -2.43. The first-order valence-corrected chi connectivity index (χ1v) is 9.83. The molecule has 1 aromatic heterocycles. The zero-order valence-electron chi connectivity index (χ0n) is 17.6. The number of aryl methyl sites for hydroxylation is 2. The van der Waals surface area contributed by atoms with Gasteiger partial charge in [-0.05, 0) is 63.9 Å². The SMILES string of the molecule is CCNC(=NCCCOc1ccc(F)cc1)NC(C)Cc1c(C)nn(C)c1C. The van der Waals surface area contributed by atoms with E-state index in [1.807, 2.05) is 11.7 Å². The summed E-state index contributed by atoms with van der Waals surface area (Å²) >= 11 is 0. The molecular weight excluding hydrogens is 357 g/mol. The van der Waals surface area contributed by atoms with Crippen molar-refractivity contribution >= 4 is 5.96 Å². The lowest BCUT2D eigenvalue weighted by Gasteiger charge is -2.18. The minimum atomic E-state index is -0.260. The van der Waals surface area contributed by atoms with Gasteiger partial charge in [-0.1, -0.05) is 0 Å². The van der Waals surface area contributed by atoms with Crippen LogP contribution in [-0.2, 0) is 13.5 Å². The predicted molar refractivity (Wildman–Crippen MR) is 111 cm³/mol. The second-order valence-electron chi connectivity index (χ2n) is 6.94. The second kappa shape index (κ2) is 10.7. The van der Waals surface area contributed by atoms with Crippen LogP contribution >= 0.6 is 0 Å². The molecule has 1 heterocycles. The molecule has 0 saturated carbocycles. The molecule has 2 rings (SSSR count). The molecule has 0 bridgehead atoms. The third-order valence-corrected chi connectivity index (χ3v) is 4.55. The molecule has 2 N–H and O–H groups in total. The van der Waals surface area contributed by atoms with Crippen LogP contribution in [0.1, 0.15) is 37.2 Å². The van der Waals surface area contributed by atoms with Gasteiger partial charge < -0.3 is 15.4 Å². The van der Waals surface area contributed by atoms with E-state index in [4.69, 9.17) is 4.74 Å². The van der Waals surface area contributed by atoms with Gasteiger partial charge >= 0.3 is 0 Å². The predicted octanol–water partition coefficient (Wildman–Crippen LogP) is 3.13. The van der Waals surface area contributed by atoms with E-state index in [0.717, 1.165) is 31.0 Å². The fourth-order valence-electron chi connectivity index (χ4n) is 3.00. The molecule has 7 heteroatoms. The average Bonchev–Trinajstić information content (AvgIpc) is 2.89. The smallest absolute Gasteiger partial charge is 0.191 e. The van der Waals surface area contributed by atoms with Gasteiger partial charge in [0.25, 0.3) is 0 Å². The molecule has 28 heavy (non-hydrogen) atoms. The van der Waals surface area contributed by atoms with E-state index in [9.17, 15) is 4.39 Å². The summed E-state index contributed by atoms with van der Waals surface area (Å²) in [6, 6.07) is 6.29. The summed E-state index contributed by atoms with van der Waals surface area (Å²) in [5.74, 6) is 1.21. The highest BCUT2D eigenvalue weighted by Gasteiger charge is 2.13. The number of aromatic nitrogens is 2. The molecular formula is C21H32FN5O. The van der Waals surface area contributed by atoms with Gasteiger partial charge in [0, 0.05) is 38.3 Å². The summed E-state index contributed by atoms with van der Waals surface area (Å²) in [6.45, 7) is 10.3. The molecule has 0 aliphatic rings. The number of benzene rings is 1. The van der Waals surface area contributed by atoms with E-state index in [0.29, 0.717) is 18.9 Å². The van der Waals surface area contributed by atoms with Crippen LogP contribution in [0.25, 0.3) is 0 Å². The summed E-state index contributed by atoms with van der Waals surface area (Å²) in [5.41, 5.74) is 3.56. The Kier molecular flexibility index (Phi) is 8.29. The zero-order chi connectivity index (χ0) is 20.5. The number of hydrogen-bond donors (Lipinski definition) is 2. The normalized spacial score (nSPS) is 12.7. The van der Waals surface area contributed by atoms with E-state index < -0.39 is 0 Å². The highest BCUT2D eigenvalue weighted by atomic mass is 19.1. The van der Waals surface area contributed by atoms with Gasteiger partial charge in [0.2, 0.25) is 0 Å². The number of aliphatic imine (C=N–C) groups is 1. The van der Waals surface area contributed by atoms with Crippen LogP contribution in [0.3, 0.4) is 0 Å². The molecule has 2 aromatic rings. The molecule has 0 amide bonds. The van der Waals surface area contributed by atoms with Crippen LogP contribution in [0.5, 0.6) is 5.75 Å². The van der Waals surface area contributed by atoms with E-state index in [2.05, 4.69) is 48.4 Å². The van der Waals surface area contributed by atoms with Crippen LogP contribution in [-0.4, -0.2) is 41.5 Å². The first-order valence-electron chi connectivity index (χ1n) is 9.83. The molecule has 1 unspecified atom stereocenters. The molecule has 0 aliphatic heterocycles. The number of halogens is 1. The number of nitrogens with one attached hydrogen (secondary N) is 2. The number of nitrogens with zero attached hydrogens (tertiary/aromatic N) is 3. The number of ether oxygens (including phenoxy) is 1. The van der Waals surface area contributed by atoms with Gasteiger partial charge in [-0.25, -0.2) is 4.39 Å². The minimum absolute atomic E-state index is 0.231. The standard InChI is InChI=1S/C21H32FN5O/c1-6-23-21(24-12-7-13-28-19-10-8-18(22)9-11-19)25-15(2)14-20-16(3)26-27(5)17(20)4/h8-11,15H,6-7,12-14H2,1-5H3,(H2,23,24,25). The van der Waals surface area contributed by atoms with Crippen LogP contribution < -0.4 is 15.4 Å². The lowest BCUT2D eigenvalue weighted by molar-refractivity contribution is 0.313. The summed E-state index contributed by atoms with van der Waals surface area (Å²) in [4.78, 5) is 4.62. The molecule has 154 valence electrons. The van der Waals surface area contributed by atoms with Crippen LogP contribution in [0.2, 0.25) is 0 Å². The maximum atomic E-state index is 12.9. The topological polar surface area (TPSA) is 63.5 Å². The maximum absolute atomic E-state index is 12.9. The van der Waals surface area contributed by atoms with Gasteiger partial charge in [0.1, 0.15) is 11.6 Å². The van der Waals surface area contributed by atoms with E-state index in [1.165, 1.54) is 23.4 Å². The summed E-state index contributed by atoms with van der Waals surface area (Å²) in [6.07, 6.45) is 1.67. The lowest BCUT2D eigenvalue weighted by atomic mass is 10.1. The minimum Gasteiger partial charge on any atom is -0.494 e. The van der Waals surface area contributed by atoms with Crippen molar-refractivity contribution in [2.24, 2.45) is 12.0 Å². The van der Waals surface area contributed by atoms with Crippen LogP contribution in [0, 0.1) is 19.7 Å². The molecule has 0 saturated heterocycles. The Morgan fingerprint density at radius 3 is 2.61 bits per heavy atom. The van der Waals surface area contributed by atoms with Gasteiger partial charge in [0.05, 0.1) is 12.3 Å². The Bertz CT molecular complexity index is 770. The van der Waals surface area contributed by atoms with Crippen LogP contribution in [0.4, 0.5) is 4.39 Å². The maximum Gasteiger partial charge on any atom is 0.191 e. The van der Waals surface area contributed by atoms with Crippen molar-refractivity contribution in [2.45, 2.75) is 46.6 Å². The highest BCUT2D eigenvalue weighted by Crippen LogP contribution is 2.14. The first kappa shape index (κ1) is 21.7. The third kappa shape index (κ3) is 6.55. The van der Waals surface area contributed by atoms with Crippen LogP contribution in [0.15, 0.2) is 29.3 Å². The Morgan fingerprint density at radius 1 is 1.29 bits per heavy atom. The molecule has 1 aromatic carbocycles. The van der Waals surface area contributed by atoms with E-state index in [-0.39, 0.29) is 11.9 Å². The van der Waals surface area contributed by atoms with Gasteiger partial charge in [-0.2, -0.15) is 5.10 Å². The van der Waals surface area contributed by atoms with E-state index >= 15 is 0 Å². The highest BCUT2D eigenvalue weighted by molar-refractivity contribution is 5.80. The molecule has 0 fully saturated rings. The first-order chi connectivity index (χ1) is 13.4. The number of guanidine groups is 1. The van der Waals surface area contributed by atoms with Crippen molar-refractivity contribution in [1.82, 2.24) is 20.4 Å². The second-order valence-corrected chi connectivity index (χ2v) is 6.94. The average molecular weight is 390 g/mol. The monoisotopic (exact) mass is 389 g/mol. The van der Waals surface area contributed by atoms with Crippen molar-refractivity contribution < 1.29 is 9.13 Å². The van der Waals surface area contributed by atoms with Crippen molar-refractivity contribution in [1.29, 1.82) is 0 Å². The number of hydrogen-bond acceptors (Lipinski definition) is 3. The van der Waals surface area contributed by atoms with Crippen molar-refractivity contribution in [3.63, 3.8) is 0 Å². The molecule has 0 radical (unpaired) electrons. The fraction of sp³-hybridized carbons (Fsp3) is 0.524. The molecule has 0 spiro atoms. The largest absolute Gasteiger partial charge is 0.494 e. The molecule has 6 nitrogen and oxygen atoms in total. The Morgan fingerprint density at radius 2 is 2.00 bits per heavy atom. The van der Waals surface area contributed by atoms with Crippen molar-refractivity contribution in [3.8, 4) is 5.75 Å².